The first kappa shape index (κ1) is 15.3. The predicted molar refractivity (Wildman–Crippen MR) is 85.1 cm³/mol. The van der Waals surface area contributed by atoms with Crippen molar-refractivity contribution in [2.24, 2.45) is 0 Å². The van der Waals surface area contributed by atoms with Gasteiger partial charge in [-0.3, -0.25) is 9.36 Å². The molecule has 0 fully saturated rings. The van der Waals surface area contributed by atoms with Gasteiger partial charge in [0.1, 0.15) is 5.82 Å². The second-order valence-corrected chi connectivity index (χ2v) is 5.32. The van der Waals surface area contributed by atoms with Gasteiger partial charge in [0.2, 0.25) is 5.91 Å². The molecular weight excluding hydrogens is 323 g/mol. The van der Waals surface area contributed by atoms with Crippen LogP contribution in [0.3, 0.4) is 0 Å². The van der Waals surface area contributed by atoms with E-state index in [0.29, 0.717) is 16.8 Å². The molecule has 23 heavy (non-hydrogen) atoms. The van der Waals surface area contributed by atoms with Gasteiger partial charge in [0.15, 0.2) is 5.58 Å². The van der Waals surface area contributed by atoms with Crippen LogP contribution in [0.5, 0.6) is 0 Å². The Balaban J connectivity index is 1.71. The average molecular weight is 335 g/mol. The molecule has 0 unspecified atom stereocenters. The van der Waals surface area contributed by atoms with Crippen LogP contribution in [-0.4, -0.2) is 10.5 Å². The molecule has 0 saturated heterocycles. The Bertz CT molecular complexity index is 932. The molecule has 0 radical (unpaired) electrons. The third kappa shape index (κ3) is 3.27. The summed E-state index contributed by atoms with van der Waals surface area (Å²) in [6.07, 6.45) is 0.0527. The van der Waals surface area contributed by atoms with Crippen molar-refractivity contribution in [1.82, 2.24) is 4.57 Å². The fraction of sp³-hybridized carbons (Fsp3) is 0.125. The second kappa shape index (κ2) is 6.26. The Kier molecular flexibility index (Phi) is 4.16. The van der Waals surface area contributed by atoms with Crippen molar-refractivity contribution in [3.05, 3.63) is 63.9 Å². The van der Waals surface area contributed by atoms with Gasteiger partial charge in [-0.1, -0.05) is 23.7 Å². The smallest absolute Gasteiger partial charge is 0.408 e. The number of amides is 1. The summed E-state index contributed by atoms with van der Waals surface area (Å²) in [6, 6.07) is 10.7. The number of fused-ring (bicyclic) bond motifs is 1. The Morgan fingerprint density at radius 2 is 2.04 bits per heavy atom. The Labute approximate surface area is 135 Å². The molecule has 0 aliphatic heterocycles. The lowest BCUT2D eigenvalue weighted by Crippen LogP contribution is -2.20. The highest BCUT2D eigenvalue weighted by Crippen LogP contribution is 2.22. The lowest BCUT2D eigenvalue weighted by Gasteiger charge is -2.07. The molecule has 0 atom stereocenters. The SMILES string of the molecule is O=C(CCn1c(=O)oc2ccccc21)Nc1ccc(F)cc1Cl. The van der Waals surface area contributed by atoms with Crippen LogP contribution >= 0.6 is 11.6 Å². The van der Waals surface area contributed by atoms with Crippen LogP contribution in [-0.2, 0) is 11.3 Å². The molecular formula is C16H12ClFN2O3. The molecule has 1 N–H and O–H groups in total. The van der Waals surface area contributed by atoms with Gasteiger partial charge < -0.3 is 9.73 Å². The van der Waals surface area contributed by atoms with Crippen molar-refractivity contribution in [3.63, 3.8) is 0 Å². The first-order valence-electron chi connectivity index (χ1n) is 6.88. The Morgan fingerprint density at radius 1 is 1.26 bits per heavy atom. The highest BCUT2D eigenvalue weighted by Gasteiger charge is 2.11. The van der Waals surface area contributed by atoms with E-state index in [9.17, 15) is 14.0 Å². The lowest BCUT2D eigenvalue weighted by atomic mass is 10.3. The summed E-state index contributed by atoms with van der Waals surface area (Å²) in [5, 5.41) is 2.70. The number of hydrogen-bond acceptors (Lipinski definition) is 3. The number of rotatable bonds is 4. The standard InChI is InChI=1S/C16H12ClFN2O3/c17-11-9-10(18)5-6-12(11)19-15(21)7-8-20-13-3-1-2-4-14(13)23-16(20)22/h1-6,9H,7-8H2,(H,19,21). The highest BCUT2D eigenvalue weighted by atomic mass is 35.5. The van der Waals surface area contributed by atoms with Gasteiger partial charge in [0.25, 0.3) is 0 Å². The number of hydrogen-bond donors (Lipinski definition) is 1. The molecule has 7 heteroatoms. The number of carbonyl (C=O) groups is 1. The van der Waals surface area contributed by atoms with E-state index in [4.69, 9.17) is 16.0 Å². The van der Waals surface area contributed by atoms with Crippen molar-refractivity contribution < 1.29 is 13.6 Å². The molecule has 3 aromatic rings. The van der Waals surface area contributed by atoms with Crippen molar-refractivity contribution in [2.75, 3.05) is 5.32 Å². The van der Waals surface area contributed by atoms with E-state index in [1.807, 2.05) is 0 Å². The van der Waals surface area contributed by atoms with Crippen molar-refractivity contribution >= 4 is 34.3 Å². The van der Waals surface area contributed by atoms with Crippen molar-refractivity contribution in [1.29, 1.82) is 0 Å². The molecule has 5 nitrogen and oxygen atoms in total. The number of aromatic nitrogens is 1. The van der Waals surface area contributed by atoms with E-state index >= 15 is 0 Å². The monoisotopic (exact) mass is 334 g/mol. The van der Waals surface area contributed by atoms with Gasteiger partial charge in [-0.15, -0.1) is 0 Å². The molecule has 118 valence electrons. The number of halogens is 2. The first-order chi connectivity index (χ1) is 11.0. The normalized spacial score (nSPS) is 10.9. The largest absolute Gasteiger partial charge is 0.419 e. The molecule has 1 aromatic heterocycles. The van der Waals surface area contributed by atoms with Crippen molar-refractivity contribution in [3.8, 4) is 0 Å². The molecule has 1 heterocycles. The van der Waals surface area contributed by atoms with Crippen molar-refractivity contribution in [2.45, 2.75) is 13.0 Å². The third-order valence-electron chi connectivity index (χ3n) is 3.34. The molecule has 0 aliphatic rings. The average Bonchev–Trinajstić information content (AvgIpc) is 2.83. The minimum absolute atomic E-state index is 0.0527. The fourth-order valence-corrected chi connectivity index (χ4v) is 2.46. The first-order valence-corrected chi connectivity index (χ1v) is 7.25. The predicted octanol–water partition coefficient (Wildman–Crippen LogP) is 3.42. The van der Waals surface area contributed by atoms with Gasteiger partial charge in [0, 0.05) is 13.0 Å². The molecule has 1 amide bonds. The second-order valence-electron chi connectivity index (χ2n) is 4.91. The Morgan fingerprint density at radius 3 is 2.83 bits per heavy atom. The van der Waals surface area contributed by atoms with E-state index in [0.717, 1.165) is 6.07 Å². The zero-order valence-electron chi connectivity index (χ0n) is 11.9. The van der Waals surface area contributed by atoms with Crippen LogP contribution < -0.4 is 11.1 Å². The van der Waals surface area contributed by atoms with Crippen LogP contribution in [0.25, 0.3) is 11.1 Å². The number of benzene rings is 2. The summed E-state index contributed by atoms with van der Waals surface area (Å²) in [4.78, 5) is 23.8. The van der Waals surface area contributed by atoms with Gasteiger partial charge in [0.05, 0.1) is 16.2 Å². The quantitative estimate of drug-likeness (QED) is 0.795. The topological polar surface area (TPSA) is 64.2 Å². The number of aryl methyl sites for hydroxylation is 1. The van der Waals surface area contributed by atoms with E-state index in [1.54, 1.807) is 24.3 Å². The number of nitrogens with zero attached hydrogens (tertiary/aromatic N) is 1. The fourth-order valence-electron chi connectivity index (χ4n) is 2.24. The van der Waals surface area contributed by atoms with Crippen LogP contribution in [0.15, 0.2) is 51.7 Å². The third-order valence-corrected chi connectivity index (χ3v) is 3.65. The zero-order valence-corrected chi connectivity index (χ0v) is 12.6. The molecule has 0 bridgehead atoms. The van der Waals surface area contributed by atoms with E-state index in [2.05, 4.69) is 5.32 Å². The summed E-state index contributed by atoms with van der Waals surface area (Å²) in [5.74, 6) is -1.33. The lowest BCUT2D eigenvalue weighted by molar-refractivity contribution is -0.116. The number of para-hydroxylation sites is 2. The summed E-state index contributed by atoms with van der Waals surface area (Å²) in [6.45, 7) is 0.167. The number of oxazole rings is 1. The molecule has 3 rings (SSSR count). The molecule has 0 spiro atoms. The summed E-state index contributed by atoms with van der Waals surface area (Å²) >= 11 is 5.85. The number of anilines is 1. The molecule has 0 saturated carbocycles. The Hall–Kier alpha value is -2.60. The maximum atomic E-state index is 13.0. The summed E-state index contributed by atoms with van der Waals surface area (Å²) in [7, 11) is 0. The van der Waals surface area contributed by atoms with Crippen LogP contribution in [0.4, 0.5) is 10.1 Å². The maximum Gasteiger partial charge on any atom is 0.419 e. The van der Waals surface area contributed by atoms with E-state index in [-0.39, 0.29) is 23.9 Å². The molecule has 0 aliphatic carbocycles. The van der Waals surface area contributed by atoms with Gasteiger partial charge in [-0.05, 0) is 30.3 Å². The highest BCUT2D eigenvalue weighted by molar-refractivity contribution is 6.33. The van der Waals surface area contributed by atoms with Gasteiger partial charge in [-0.2, -0.15) is 0 Å². The number of nitrogens with one attached hydrogen (secondary N) is 1. The minimum atomic E-state index is -0.515. The zero-order chi connectivity index (χ0) is 16.4. The van der Waals surface area contributed by atoms with Crippen LogP contribution in [0.1, 0.15) is 6.42 Å². The summed E-state index contributed by atoms with van der Waals surface area (Å²) in [5.41, 5.74) is 1.42. The number of carbonyl (C=O) groups excluding carboxylic acids is 1. The maximum absolute atomic E-state index is 13.0. The van der Waals surface area contributed by atoms with Crippen LogP contribution in [0.2, 0.25) is 5.02 Å². The van der Waals surface area contributed by atoms with E-state index in [1.165, 1.54) is 16.7 Å². The van der Waals surface area contributed by atoms with Gasteiger partial charge >= 0.3 is 5.76 Å². The molecule has 2 aromatic carbocycles. The van der Waals surface area contributed by atoms with Gasteiger partial charge in [-0.25, -0.2) is 9.18 Å². The minimum Gasteiger partial charge on any atom is -0.408 e. The van der Waals surface area contributed by atoms with Crippen LogP contribution in [0, 0.1) is 5.82 Å². The van der Waals surface area contributed by atoms with E-state index < -0.39 is 11.6 Å². The summed E-state index contributed by atoms with van der Waals surface area (Å²) < 4.78 is 19.5.